The van der Waals surface area contributed by atoms with Crippen molar-refractivity contribution in [2.75, 3.05) is 5.32 Å². The van der Waals surface area contributed by atoms with Crippen LogP contribution in [0, 0.1) is 0 Å². The van der Waals surface area contributed by atoms with Crippen molar-refractivity contribution in [1.29, 1.82) is 0 Å². The quantitative estimate of drug-likeness (QED) is 0.609. The van der Waals surface area contributed by atoms with Gasteiger partial charge >= 0.3 is 0 Å². The number of carbonyl (C=O) groups excluding carboxylic acids is 1. The van der Waals surface area contributed by atoms with Crippen LogP contribution < -0.4 is 5.32 Å². The molecule has 0 radical (unpaired) electrons. The normalized spacial score (nSPS) is 11.0. The third-order valence-corrected chi connectivity index (χ3v) is 4.01. The van der Waals surface area contributed by atoms with Crippen LogP contribution in [0.15, 0.2) is 66.7 Å². The minimum absolute atomic E-state index is 0.196. The molecule has 0 unspecified atom stereocenters. The Balaban J connectivity index is 1.77. The lowest BCUT2D eigenvalue weighted by atomic mass is 10.1. The van der Waals surface area contributed by atoms with Crippen molar-refractivity contribution in [2.45, 2.75) is 0 Å². The van der Waals surface area contributed by atoms with Gasteiger partial charge in [0.25, 0.3) is 5.91 Å². The molecule has 3 aromatic carbocycles. The van der Waals surface area contributed by atoms with Crippen molar-refractivity contribution in [3.8, 4) is 0 Å². The fourth-order valence-electron chi connectivity index (χ4n) is 2.90. The van der Waals surface area contributed by atoms with E-state index in [1.165, 1.54) is 0 Å². The predicted molar refractivity (Wildman–Crippen MR) is 92.6 cm³/mol. The molecule has 0 atom stereocenters. The number of nitrogens with zero attached hydrogens (tertiary/aromatic N) is 2. The highest BCUT2D eigenvalue weighted by atomic mass is 16.2. The van der Waals surface area contributed by atoms with Gasteiger partial charge in [0, 0.05) is 23.5 Å². The molecular weight excluding hydrogens is 286 g/mol. The maximum absolute atomic E-state index is 12.7. The maximum Gasteiger partial charge on any atom is 0.276 e. The van der Waals surface area contributed by atoms with E-state index in [9.17, 15) is 4.79 Å². The number of anilines is 1. The maximum atomic E-state index is 12.7. The fraction of sp³-hybridized carbons (Fsp3) is 0.0526. The Labute approximate surface area is 133 Å². The molecule has 0 bridgehead atoms. The van der Waals surface area contributed by atoms with E-state index >= 15 is 0 Å². The zero-order chi connectivity index (χ0) is 15.8. The average Bonchev–Trinajstić information content (AvgIpc) is 2.93. The number of para-hydroxylation sites is 1. The molecule has 1 N–H and O–H groups in total. The van der Waals surface area contributed by atoms with Crippen molar-refractivity contribution < 1.29 is 4.79 Å². The van der Waals surface area contributed by atoms with E-state index in [2.05, 4.69) is 10.4 Å². The van der Waals surface area contributed by atoms with E-state index in [-0.39, 0.29) is 5.91 Å². The molecule has 0 aliphatic heterocycles. The molecule has 4 nitrogen and oxygen atoms in total. The minimum Gasteiger partial charge on any atom is -0.320 e. The van der Waals surface area contributed by atoms with Gasteiger partial charge in [0.2, 0.25) is 0 Å². The lowest BCUT2D eigenvalue weighted by Gasteiger charge is -2.07. The Bertz CT molecular complexity index is 1030. The van der Waals surface area contributed by atoms with Crippen LogP contribution in [0.25, 0.3) is 21.7 Å². The van der Waals surface area contributed by atoms with Gasteiger partial charge < -0.3 is 5.32 Å². The minimum atomic E-state index is -0.196. The Morgan fingerprint density at radius 2 is 1.61 bits per heavy atom. The third-order valence-electron chi connectivity index (χ3n) is 4.01. The highest BCUT2D eigenvalue weighted by Crippen LogP contribution is 2.24. The Kier molecular flexibility index (Phi) is 3.08. The Morgan fingerprint density at radius 3 is 2.48 bits per heavy atom. The molecule has 112 valence electrons. The first-order valence-electron chi connectivity index (χ1n) is 7.45. The zero-order valence-corrected chi connectivity index (χ0v) is 12.7. The molecule has 0 saturated carbocycles. The SMILES string of the molecule is Cn1nc(C(=O)Nc2cccc3ccccc23)c2ccccc21. The molecule has 1 aromatic heterocycles. The van der Waals surface area contributed by atoms with Crippen molar-refractivity contribution in [3.63, 3.8) is 0 Å². The summed E-state index contributed by atoms with van der Waals surface area (Å²) in [5.74, 6) is -0.196. The number of amides is 1. The average molecular weight is 301 g/mol. The van der Waals surface area contributed by atoms with Crippen LogP contribution in [0.2, 0.25) is 0 Å². The Morgan fingerprint density at radius 1 is 0.913 bits per heavy atom. The molecule has 4 aromatic rings. The molecule has 0 spiro atoms. The molecule has 4 rings (SSSR count). The van der Waals surface area contributed by atoms with Crippen LogP contribution in [-0.4, -0.2) is 15.7 Å². The van der Waals surface area contributed by atoms with Crippen LogP contribution in [0.3, 0.4) is 0 Å². The van der Waals surface area contributed by atoms with Crippen molar-refractivity contribution >= 4 is 33.3 Å². The second-order valence-corrected chi connectivity index (χ2v) is 5.47. The Hall–Kier alpha value is -3.14. The highest BCUT2D eigenvalue weighted by Gasteiger charge is 2.16. The molecule has 23 heavy (non-hydrogen) atoms. The summed E-state index contributed by atoms with van der Waals surface area (Å²) in [5.41, 5.74) is 2.18. The van der Waals surface area contributed by atoms with Gasteiger partial charge in [-0.3, -0.25) is 9.48 Å². The number of hydrogen-bond donors (Lipinski definition) is 1. The summed E-state index contributed by atoms with van der Waals surface area (Å²) in [5, 5.41) is 10.3. The van der Waals surface area contributed by atoms with Gasteiger partial charge in [0.1, 0.15) is 0 Å². The summed E-state index contributed by atoms with van der Waals surface area (Å²) >= 11 is 0. The molecular formula is C19H15N3O. The summed E-state index contributed by atoms with van der Waals surface area (Å²) in [7, 11) is 1.84. The van der Waals surface area contributed by atoms with E-state index in [4.69, 9.17) is 0 Å². The molecule has 0 fully saturated rings. The van der Waals surface area contributed by atoms with Crippen molar-refractivity contribution in [3.05, 3.63) is 72.4 Å². The summed E-state index contributed by atoms with van der Waals surface area (Å²) in [6.07, 6.45) is 0. The van der Waals surface area contributed by atoms with E-state index in [0.717, 1.165) is 27.4 Å². The van der Waals surface area contributed by atoms with Crippen LogP contribution in [0.5, 0.6) is 0 Å². The number of benzene rings is 3. The highest BCUT2D eigenvalue weighted by molar-refractivity contribution is 6.13. The first kappa shape index (κ1) is 13.5. The smallest absolute Gasteiger partial charge is 0.276 e. The van der Waals surface area contributed by atoms with Gasteiger partial charge in [-0.15, -0.1) is 0 Å². The molecule has 1 heterocycles. The largest absolute Gasteiger partial charge is 0.320 e. The van der Waals surface area contributed by atoms with Crippen molar-refractivity contribution in [2.24, 2.45) is 7.05 Å². The van der Waals surface area contributed by atoms with Gasteiger partial charge in [-0.1, -0.05) is 54.6 Å². The first-order valence-corrected chi connectivity index (χ1v) is 7.45. The second kappa shape index (κ2) is 5.25. The van der Waals surface area contributed by atoms with E-state index in [1.54, 1.807) is 4.68 Å². The van der Waals surface area contributed by atoms with Gasteiger partial charge in [-0.2, -0.15) is 5.10 Å². The number of fused-ring (bicyclic) bond motifs is 2. The summed E-state index contributed by atoms with van der Waals surface area (Å²) in [6, 6.07) is 21.6. The van der Waals surface area contributed by atoms with E-state index in [1.807, 2.05) is 73.8 Å². The second-order valence-electron chi connectivity index (χ2n) is 5.47. The van der Waals surface area contributed by atoms with Crippen LogP contribution >= 0.6 is 0 Å². The van der Waals surface area contributed by atoms with Crippen molar-refractivity contribution in [1.82, 2.24) is 9.78 Å². The lowest BCUT2D eigenvalue weighted by Crippen LogP contribution is -2.13. The van der Waals surface area contributed by atoms with Gasteiger partial charge in [-0.05, 0) is 17.5 Å². The molecule has 4 heteroatoms. The summed E-state index contributed by atoms with van der Waals surface area (Å²) in [4.78, 5) is 12.7. The van der Waals surface area contributed by atoms with Crippen LogP contribution in [0.4, 0.5) is 5.69 Å². The number of aromatic nitrogens is 2. The predicted octanol–water partition coefficient (Wildman–Crippen LogP) is 3.98. The van der Waals surface area contributed by atoms with Crippen LogP contribution in [-0.2, 0) is 7.05 Å². The monoisotopic (exact) mass is 301 g/mol. The summed E-state index contributed by atoms with van der Waals surface area (Å²) in [6.45, 7) is 0. The molecule has 0 saturated heterocycles. The first-order chi connectivity index (χ1) is 11.2. The van der Waals surface area contributed by atoms with E-state index < -0.39 is 0 Å². The third kappa shape index (κ3) is 2.25. The fourth-order valence-corrected chi connectivity index (χ4v) is 2.90. The molecule has 0 aliphatic rings. The van der Waals surface area contributed by atoms with Gasteiger partial charge in [-0.25, -0.2) is 0 Å². The number of carbonyl (C=O) groups is 1. The number of nitrogens with one attached hydrogen (secondary N) is 1. The number of hydrogen-bond acceptors (Lipinski definition) is 2. The number of rotatable bonds is 2. The van der Waals surface area contributed by atoms with Gasteiger partial charge in [0.15, 0.2) is 5.69 Å². The molecule has 1 amide bonds. The van der Waals surface area contributed by atoms with Crippen LogP contribution in [0.1, 0.15) is 10.5 Å². The lowest BCUT2D eigenvalue weighted by molar-refractivity contribution is 0.102. The topological polar surface area (TPSA) is 46.9 Å². The summed E-state index contributed by atoms with van der Waals surface area (Å²) < 4.78 is 1.73. The number of aryl methyl sites for hydroxylation is 1. The zero-order valence-electron chi connectivity index (χ0n) is 12.7. The molecule has 0 aliphatic carbocycles. The van der Waals surface area contributed by atoms with E-state index in [0.29, 0.717) is 5.69 Å². The van der Waals surface area contributed by atoms with Gasteiger partial charge in [0.05, 0.1) is 5.52 Å². The standard InChI is InChI=1S/C19H15N3O/c1-22-17-12-5-4-10-15(17)18(21-22)19(23)20-16-11-6-8-13-7-2-3-9-14(13)16/h2-12H,1H3,(H,20,23).